The molecule has 0 saturated carbocycles. The van der Waals surface area contributed by atoms with E-state index < -0.39 is 12.0 Å². The van der Waals surface area contributed by atoms with E-state index in [4.69, 9.17) is 5.11 Å². The van der Waals surface area contributed by atoms with Crippen molar-refractivity contribution in [2.75, 3.05) is 13.7 Å². The maximum atomic E-state index is 11.2. The van der Waals surface area contributed by atoms with E-state index in [1.54, 1.807) is 0 Å². The Labute approximate surface area is 85.6 Å². The second kappa shape index (κ2) is 7.76. The highest BCUT2D eigenvalue weighted by molar-refractivity contribution is 5.75. The zero-order valence-corrected chi connectivity index (χ0v) is 9.25. The fourth-order valence-corrected chi connectivity index (χ4v) is 1.38. The summed E-state index contributed by atoms with van der Waals surface area (Å²) in [6, 6.07) is -0.312. The summed E-state index contributed by atoms with van der Waals surface area (Å²) in [7, 11) is 1.33. The topological polar surface area (TPSA) is 58.6 Å². The molecule has 1 unspecified atom stereocenters. The van der Waals surface area contributed by atoms with Crippen molar-refractivity contribution >= 4 is 5.97 Å². The van der Waals surface area contributed by atoms with Gasteiger partial charge in [-0.25, -0.2) is 0 Å². The van der Waals surface area contributed by atoms with Crippen LogP contribution in [0.1, 0.15) is 33.1 Å². The van der Waals surface area contributed by atoms with E-state index in [2.05, 4.69) is 23.9 Å². The Bertz CT molecular complexity index is 161. The SMILES string of the molecule is CCCC(CC)N[C@H](CO)C(=O)OC. The van der Waals surface area contributed by atoms with Gasteiger partial charge < -0.3 is 9.84 Å². The molecule has 0 aromatic rings. The van der Waals surface area contributed by atoms with Gasteiger partial charge in [0.05, 0.1) is 13.7 Å². The van der Waals surface area contributed by atoms with Crippen LogP contribution in [0.25, 0.3) is 0 Å². The van der Waals surface area contributed by atoms with Gasteiger partial charge in [-0.1, -0.05) is 20.3 Å². The van der Waals surface area contributed by atoms with Gasteiger partial charge in [0.1, 0.15) is 6.04 Å². The van der Waals surface area contributed by atoms with Gasteiger partial charge in [0.25, 0.3) is 0 Å². The van der Waals surface area contributed by atoms with Gasteiger partial charge in [-0.3, -0.25) is 10.1 Å². The molecular formula is C10H21NO3. The molecule has 0 aliphatic carbocycles. The molecule has 0 bridgehead atoms. The molecule has 0 saturated heterocycles. The number of aliphatic hydroxyl groups is 1. The lowest BCUT2D eigenvalue weighted by Crippen LogP contribution is -2.46. The number of rotatable bonds is 7. The number of hydrogen-bond donors (Lipinski definition) is 2. The third kappa shape index (κ3) is 4.58. The lowest BCUT2D eigenvalue weighted by atomic mass is 10.1. The third-order valence-corrected chi connectivity index (χ3v) is 2.24. The van der Waals surface area contributed by atoms with Crippen LogP contribution in [-0.2, 0) is 9.53 Å². The van der Waals surface area contributed by atoms with E-state index in [9.17, 15) is 4.79 Å². The first kappa shape index (κ1) is 13.4. The lowest BCUT2D eigenvalue weighted by Gasteiger charge is -2.21. The summed E-state index contributed by atoms with van der Waals surface area (Å²) in [6.07, 6.45) is 3.01. The highest BCUT2D eigenvalue weighted by atomic mass is 16.5. The smallest absolute Gasteiger partial charge is 0.325 e. The first-order chi connectivity index (χ1) is 6.69. The van der Waals surface area contributed by atoms with Crippen molar-refractivity contribution in [1.29, 1.82) is 0 Å². The largest absolute Gasteiger partial charge is 0.468 e. The van der Waals surface area contributed by atoms with Crippen LogP contribution in [-0.4, -0.2) is 36.9 Å². The molecule has 0 fully saturated rings. The van der Waals surface area contributed by atoms with Gasteiger partial charge >= 0.3 is 5.97 Å². The van der Waals surface area contributed by atoms with Gasteiger partial charge in [-0.2, -0.15) is 0 Å². The number of methoxy groups -OCH3 is 1. The zero-order valence-electron chi connectivity index (χ0n) is 9.25. The number of carbonyl (C=O) groups excluding carboxylic acids is 1. The van der Waals surface area contributed by atoms with Crippen molar-refractivity contribution < 1.29 is 14.6 Å². The Balaban J connectivity index is 4.06. The predicted octanol–water partition coefficient (Wildman–Crippen LogP) is 0.689. The van der Waals surface area contributed by atoms with Gasteiger partial charge in [-0.05, 0) is 12.8 Å². The van der Waals surface area contributed by atoms with E-state index in [0.717, 1.165) is 19.3 Å². The molecule has 84 valence electrons. The van der Waals surface area contributed by atoms with Gasteiger partial charge in [0.15, 0.2) is 0 Å². The molecule has 14 heavy (non-hydrogen) atoms. The van der Waals surface area contributed by atoms with E-state index in [-0.39, 0.29) is 12.6 Å². The molecule has 0 heterocycles. The molecule has 0 rings (SSSR count). The average molecular weight is 203 g/mol. The molecule has 0 amide bonds. The van der Waals surface area contributed by atoms with Crippen LogP contribution in [0.15, 0.2) is 0 Å². The zero-order chi connectivity index (χ0) is 11.0. The van der Waals surface area contributed by atoms with Gasteiger partial charge in [0.2, 0.25) is 0 Å². The summed E-state index contributed by atoms with van der Waals surface area (Å²) in [6.45, 7) is 3.93. The summed E-state index contributed by atoms with van der Waals surface area (Å²) < 4.78 is 4.57. The van der Waals surface area contributed by atoms with Gasteiger partial charge in [0, 0.05) is 6.04 Å². The Kier molecular flexibility index (Phi) is 7.42. The molecule has 2 N–H and O–H groups in total. The molecule has 0 spiro atoms. The standard InChI is InChI=1S/C10H21NO3/c1-4-6-8(5-2)11-9(7-12)10(13)14-3/h8-9,11-12H,4-7H2,1-3H3/t8?,9-/m1/s1. The minimum absolute atomic E-state index is 0.215. The molecule has 4 heteroatoms. The van der Waals surface area contributed by atoms with E-state index >= 15 is 0 Å². The summed E-state index contributed by atoms with van der Waals surface area (Å²) in [5.41, 5.74) is 0. The number of hydrogen-bond acceptors (Lipinski definition) is 4. The molecule has 0 aromatic heterocycles. The summed E-state index contributed by atoms with van der Waals surface area (Å²) in [4.78, 5) is 11.2. The number of esters is 1. The van der Waals surface area contributed by atoms with E-state index in [1.807, 2.05) is 0 Å². The fourth-order valence-electron chi connectivity index (χ4n) is 1.38. The highest BCUT2D eigenvalue weighted by Gasteiger charge is 2.20. The van der Waals surface area contributed by atoms with Crippen molar-refractivity contribution in [2.45, 2.75) is 45.2 Å². The van der Waals surface area contributed by atoms with Crippen LogP contribution < -0.4 is 5.32 Å². The van der Waals surface area contributed by atoms with Crippen LogP contribution in [0, 0.1) is 0 Å². The quantitative estimate of drug-likeness (QED) is 0.598. The first-order valence-electron chi connectivity index (χ1n) is 5.14. The van der Waals surface area contributed by atoms with Crippen molar-refractivity contribution in [1.82, 2.24) is 5.32 Å². The maximum absolute atomic E-state index is 11.2. The van der Waals surface area contributed by atoms with Crippen LogP contribution in [0.4, 0.5) is 0 Å². The molecular weight excluding hydrogens is 182 g/mol. The van der Waals surface area contributed by atoms with Crippen LogP contribution in [0.5, 0.6) is 0 Å². The second-order valence-corrected chi connectivity index (χ2v) is 3.32. The predicted molar refractivity (Wildman–Crippen MR) is 55.0 cm³/mol. The minimum atomic E-state index is -0.587. The summed E-state index contributed by atoms with van der Waals surface area (Å²) in [5.74, 6) is -0.401. The van der Waals surface area contributed by atoms with E-state index in [0.29, 0.717) is 0 Å². The maximum Gasteiger partial charge on any atom is 0.325 e. The van der Waals surface area contributed by atoms with Crippen molar-refractivity contribution in [3.8, 4) is 0 Å². The fraction of sp³-hybridized carbons (Fsp3) is 0.900. The number of nitrogens with one attached hydrogen (secondary N) is 1. The lowest BCUT2D eigenvalue weighted by molar-refractivity contribution is -0.144. The normalized spacial score (nSPS) is 14.9. The number of carbonyl (C=O) groups is 1. The van der Waals surface area contributed by atoms with E-state index in [1.165, 1.54) is 7.11 Å². The van der Waals surface area contributed by atoms with Crippen molar-refractivity contribution in [3.63, 3.8) is 0 Å². The summed E-state index contributed by atoms with van der Waals surface area (Å²) >= 11 is 0. The van der Waals surface area contributed by atoms with Crippen molar-refractivity contribution in [2.24, 2.45) is 0 Å². The number of ether oxygens (including phenoxy) is 1. The van der Waals surface area contributed by atoms with Crippen LogP contribution in [0.2, 0.25) is 0 Å². The first-order valence-corrected chi connectivity index (χ1v) is 5.14. The average Bonchev–Trinajstić information content (AvgIpc) is 2.23. The molecule has 2 atom stereocenters. The molecule has 4 nitrogen and oxygen atoms in total. The Hall–Kier alpha value is -0.610. The molecule has 0 aliphatic rings. The van der Waals surface area contributed by atoms with Crippen LogP contribution >= 0.6 is 0 Å². The summed E-state index contributed by atoms with van der Waals surface area (Å²) in [5, 5.41) is 12.1. The monoisotopic (exact) mass is 203 g/mol. The Morgan fingerprint density at radius 3 is 2.50 bits per heavy atom. The Morgan fingerprint density at radius 1 is 1.50 bits per heavy atom. The molecule has 0 aromatic carbocycles. The highest BCUT2D eigenvalue weighted by Crippen LogP contribution is 2.02. The second-order valence-electron chi connectivity index (χ2n) is 3.32. The molecule has 0 radical (unpaired) electrons. The van der Waals surface area contributed by atoms with Gasteiger partial charge in [-0.15, -0.1) is 0 Å². The minimum Gasteiger partial charge on any atom is -0.468 e. The van der Waals surface area contributed by atoms with Crippen LogP contribution in [0.3, 0.4) is 0 Å². The number of aliphatic hydroxyl groups excluding tert-OH is 1. The molecule has 0 aliphatic heterocycles. The van der Waals surface area contributed by atoms with Crippen molar-refractivity contribution in [3.05, 3.63) is 0 Å². The Morgan fingerprint density at radius 2 is 2.14 bits per heavy atom. The third-order valence-electron chi connectivity index (χ3n) is 2.24.